The van der Waals surface area contributed by atoms with Gasteiger partial charge in [0.15, 0.2) is 0 Å². The molecule has 0 aromatic heterocycles. The molecule has 0 aliphatic carbocycles. The summed E-state index contributed by atoms with van der Waals surface area (Å²) in [6.45, 7) is 37.9. The van der Waals surface area contributed by atoms with Gasteiger partial charge in [-0.15, -0.1) is 0 Å². The van der Waals surface area contributed by atoms with E-state index in [9.17, 15) is 30.6 Å². The Morgan fingerprint density at radius 1 is 0.412 bits per heavy atom. The van der Waals surface area contributed by atoms with Crippen LogP contribution in [0, 0.1) is 55.4 Å². The second-order valence-electron chi connectivity index (χ2n) is 20.4. The maximum atomic E-state index is 11.2. The number of benzene rings is 5. The van der Waals surface area contributed by atoms with Crippen molar-refractivity contribution in [2.24, 2.45) is 0 Å². The van der Waals surface area contributed by atoms with Crippen molar-refractivity contribution in [2.45, 2.75) is 133 Å². The average Bonchev–Trinajstić information content (AvgIpc) is 3.25. The van der Waals surface area contributed by atoms with E-state index in [-0.39, 0.29) is 34.5 Å². The minimum absolute atomic E-state index is 0.135. The number of hydrogen-bond acceptors (Lipinski definition) is 6. The molecule has 0 fully saturated rings. The number of allylic oxidation sites excluding steroid dienone is 8. The number of aliphatic hydroxyl groups is 2. The highest BCUT2D eigenvalue weighted by molar-refractivity contribution is 5.64. The van der Waals surface area contributed by atoms with Gasteiger partial charge in [0.05, 0.1) is 0 Å². The van der Waals surface area contributed by atoms with Crippen LogP contribution in [-0.2, 0) is 16.2 Å². The molecule has 5 aromatic carbocycles. The maximum absolute atomic E-state index is 11.2. The number of aryl methyl sites for hydroxylation is 8. The van der Waals surface area contributed by atoms with Crippen molar-refractivity contribution >= 4 is 0 Å². The highest BCUT2D eigenvalue weighted by atomic mass is 16.3. The van der Waals surface area contributed by atoms with E-state index in [0.29, 0.717) is 24.0 Å². The molecule has 0 heterocycles. The van der Waals surface area contributed by atoms with E-state index < -0.39 is 16.2 Å². The van der Waals surface area contributed by atoms with Gasteiger partial charge in [-0.05, 0) is 246 Å². The monoisotopic (exact) mass is 915 g/mol. The van der Waals surface area contributed by atoms with E-state index in [0.717, 1.165) is 94.6 Å². The van der Waals surface area contributed by atoms with Crippen LogP contribution in [-0.4, -0.2) is 30.6 Å². The van der Waals surface area contributed by atoms with Crippen molar-refractivity contribution in [3.63, 3.8) is 0 Å². The van der Waals surface area contributed by atoms with Gasteiger partial charge >= 0.3 is 0 Å². The van der Waals surface area contributed by atoms with E-state index in [4.69, 9.17) is 0 Å². The minimum atomic E-state index is -0.889. The van der Waals surface area contributed by atoms with Crippen molar-refractivity contribution in [2.75, 3.05) is 0 Å². The molecule has 0 saturated heterocycles. The number of rotatable bonds is 15. The van der Waals surface area contributed by atoms with Gasteiger partial charge < -0.3 is 30.6 Å². The van der Waals surface area contributed by atoms with Crippen molar-refractivity contribution in [1.29, 1.82) is 0 Å². The Bertz CT molecular complexity index is 2640. The molecule has 6 heteroatoms. The van der Waals surface area contributed by atoms with E-state index in [1.807, 2.05) is 107 Å². The Hall–Kier alpha value is -6.66. The highest BCUT2D eigenvalue weighted by Crippen LogP contribution is 2.51. The second kappa shape index (κ2) is 19.9. The summed E-state index contributed by atoms with van der Waals surface area (Å²) in [6.07, 6.45) is 8.43. The van der Waals surface area contributed by atoms with E-state index in [1.54, 1.807) is 12.2 Å². The molecule has 0 unspecified atom stereocenters. The van der Waals surface area contributed by atoms with Crippen LogP contribution >= 0.6 is 0 Å². The molecule has 6 N–H and O–H groups in total. The lowest BCUT2D eigenvalue weighted by Gasteiger charge is -2.41. The maximum Gasteiger partial charge on any atom is 0.118 e. The van der Waals surface area contributed by atoms with E-state index in [1.165, 1.54) is 0 Å². The first-order valence-corrected chi connectivity index (χ1v) is 23.4. The fraction of sp³-hybridized carbons (Fsp3) is 0.323. The van der Waals surface area contributed by atoms with Gasteiger partial charge in [-0.25, -0.2) is 0 Å². The lowest BCUT2D eigenvalue weighted by atomic mass is 9.62. The third-order valence-electron chi connectivity index (χ3n) is 14.4. The van der Waals surface area contributed by atoms with Crippen LogP contribution in [0.5, 0.6) is 23.0 Å². The first-order chi connectivity index (χ1) is 31.5. The molecule has 358 valence electrons. The molecule has 0 atom stereocenters. The zero-order valence-electron chi connectivity index (χ0n) is 43.2. The van der Waals surface area contributed by atoms with Gasteiger partial charge in [0.2, 0.25) is 0 Å². The van der Waals surface area contributed by atoms with E-state index in [2.05, 4.69) is 88.5 Å². The quantitative estimate of drug-likeness (QED) is 0.0353. The van der Waals surface area contributed by atoms with Crippen LogP contribution in [0.4, 0.5) is 0 Å². The fourth-order valence-electron chi connectivity index (χ4n) is 9.80. The Kier molecular flexibility index (Phi) is 15.3. The lowest BCUT2D eigenvalue weighted by Crippen LogP contribution is -2.33. The van der Waals surface area contributed by atoms with E-state index >= 15 is 0 Å². The van der Waals surface area contributed by atoms with Gasteiger partial charge in [0, 0.05) is 10.8 Å². The highest BCUT2D eigenvalue weighted by Gasteiger charge is 2.41. The lowest BCUT2D eigenvalue weighted by molar-refractivity contribution is 0.418. The molecule has 0 saturated carbocycles. The largest absolute Gasteiger partial charge is 0.508 e. The Morgan fingerprint density at radius 3 is 0.912 bits per heavy atom. The third kappa shape index (κ3) is 10.4. The number of hydrogen-bond donors (Lipinski definition) is 6. The molecule has 5 aromatic rings. The number of aliphatic hydroxyl groups excluding tert-OH is 2. The average molecular weight is 915 g/mol. The van der Waals surface area contributed by atoms with Crippen molar-refractivity contribution in [3.05, 3.63) is 221 Å². The minimum Gasteiger partial charge on any atom is -0.508 e. The fourth-order valence-corrected chi connectivity index (χ4v) is 9.80. The summed E-state index contributed by atoms with van der Waals surface area (Å²) in [5.74, 6) is 1.09. The molecule has 0 aliphatic heterocycles. The predicted octanol–water partition coefficient (Wildman–Crippen LogP) is 15.7. The second-order valence-corrected chi connectivity index (χ2v) is 20.4. The summed E-state index contributed by atoms with van der Waals surface area (Å²) in [4.78, 5) is 0. The van der Waals surface area contributed by atoms with Gasteiger partial charge in [-0.1, -0.05) is 85.8 Å². The normalized spacial score (nSPS) is 14.0. The molecule has 0 amide bonds. The van der Waals surface area contributed by atoms with Crippen LogP contribution in [0.3, 0.4) is 0 Å². The summed E-state index contributed by atoms with van der Waals surface area (Å²) >= 11 is 0. The standard InChI is InChI=1S/C62H74O6/c1-35(2)22-54(63)37(5)18-20-60(15,21-19-38(6)55(64)23-36(3)4)47-32-48(61(16,50-24-43(11)56(65)28-39(50)7)51-25-44(12)57(66)29-40(51)8)34-49(33-47)62(17,52-26-45(13)58(67)30-41(52)9)53-27-46(14)59(68)31-42(53)10/h18-19,22-34,63-68H,1,3,20-21H2,2,4-17H3/b37-18-,38-19-,54-22+,55-23+. The van der Waals surface area contributed by atoms with Crippen LogP contribution < -0.4 is 0 Å². The Labute approximate surface area is 406 Å². The summed E-state index contributed by atoms with van der Waals surface area (Å²) in [5, 5.41) is 66.8. The summed E-state index contributed by atoms with van der Waals surface area (Å²) in [5.41, 5.74) is 13.7. The SMILES string of the molecule is C=C(C)/C=C(O)\C(C)=C/CC(C)(C/C=C(C)\C(O)=C/C(=C)C)c1cc(C(C)(c2cc(C)c(O)cc2C)c2cc(C)c(O)cc2C)cc(C(C)(c2cc(C)c(O)cc2C)c2cc(C)c(O)cc2C)c1. The van der Waals surface area contributed by atoms with Crippen molar-refractivity contribution in [3.8, 4) is 23.0 Å². The molecule has 6 nitrogen and oxygen atoms in total. The van der Waals surface area contributed by atoms with Gasteiger partial charge in [0.1, 0.15) is 34.5 Å². The number of phenolic OH excluding ortho intramolecular Hbond substituents is 4. The molecule has 0 bridgehead atoms. The molecule has 0 aliphatic rings. The molecular formula is C62H74O6. The van der Waals surface area contributed by atoms with Gasteiger partial charge in [0.25, 0.3) is 0 Å². The number of phenols is 4. The zero-order chi connectivity index (χ0) is 51.0. The topological polar surface area (TPSA) is 121 Å². The third-order valence-corrected chi connectivity index (χ3v) is 14.4. The van der Waals surface area contributed by atoms with Crippen molar-refractivity contribution in [1.82, 2.24) is 0 Å². The van der Waals surface area contributed by atoms with Crippen molar-refractivity contribution < 1.29 is 30.6 Å². The predicted molar refractivity (Wildman–Crippen MR) is 283 cm³/mol. The summed E-state index contributed by atoms with van der Waals surface area (Å²) in [6, 6.07) is 22.5. The van der Waals surface area contributed by atoms with Crippen LogP contribution in [0.1, 0.15) is 145 Å². The van der Waals surface area contributed by atoms with Crippen LogP contribution in [0.15, 0.2) is 138 Å². The molecule has 0 radical (unpaired) electrons. The molecule has 0 spiro atoms. The van der Waals surface area contributed by atoms with Gasteiger partial charge in [-0.2, -0.15) is 0 Å². The first-order valence-electron chi connectivity index (χ1n) is 23.4. The summed E-state index contributed by atoms with van der Waals surface area (Å²) < 4.78 is 0. The smallest absolute Gasteiger partial charge is 0.118 e. The Morgan fingerprint density at radius 2 is 0.662 bits per heavy atom. The summed E-state index contributed by atoms with van der Waals surface area (Å²) in [7, 11) is 0. The van der Waals surface area contributed by atoms with Crippen LogP contribution in [0.25, 0.3) is 0 Å². The molecule has 68 heavy (non-hydrogen) atoms. The number of aromatic hydroxyl groups is 4. The molecular weight excluding hydrogens is 841 g/mol. The first kappa shape index (κ1) is 52.3. The Balaban J connectivity index is 2.10. The molecule has 5 rings (SSSR count). The van der Waals surface area contributed by atoms with Crippen LogP contribution in [0.2, 0.25) is 0 Å². The van der Waals surface area contributed by atoms with Gasteiger partial charge in [-0.3, -0.25) is 0 Å². The zero-order valence-corrected chi connectivity index (χ0v) is 43.2.